The van der Waals surface area contributed by atoms with Crippen LogP contribution in [-0.4, -0.2) is 40.5 Å². The van der Waals surface area contributed by atoms with E-state index in [0.717, 1.165) is 6.42 Å². The van der Waals surface area contributed by atoms with E-state index in [1.165, 1.54) is 0 Å². The van der Waals surface area contributed by atoms with Gasteiger partial charge in [-0.2, -0.15) is 0 Å². The molecule has 0 aromatic rings. The van der Waals surface area contributed by atoms with Gasteiger partial charge in [0.15, 0.2) is 0 Å². The zero-order valence-corrected chi connectivity index (χ0v) is 14.0. The van der Waals surface area contributed by atoms with E-state index in [2.05, 4.69) is 12.2 Å². The van der Waals surface area contributed by atoms with Crippen molar-refractivity contribution in [3.63, 3.8) is 0 Å². The molecule has 6 heteroatoms. The average molecular weight is 329 g/mol. The van der Waals surface area contributed by atoms with Gasteiger partial charge in [-0.15, -0.1) is 12.4 Å². The minimum absolute atomic E-state index is 0. The predicted molar refractivity (Wildman–Crippen MR) is 85.5 cm³/mol. The third kappa shape index (κ3) is 2.44. The molecule has 0 aromatic carbocycles. The van der Waals surface area contributed by atoms with E-state index in [4.69, 9.17) is 5.73 Å². The average Bonchev–Trinajstić information content (AvgIpc) is 3.05. The van der Waals surface area contributed by atoms with Gasteiger partial charge < -0.3 is 15.7 Å². The largest absolute Gasteiger partial charge is 0.480 e. The molecule has 124 valence electrons. The molecule has 3 aliphatic rings. The fourth-order valence-electron chi connectivity index (χ4n) is 4.31. The summed E-state index contributed by atoms with van der Waals surface area (Å²) in [4.78, 5) is 26.0. The van der Waals surface area contributed by atoms with Crippen molar-refractivity contribution in [2.75, 3.05) is 6.54 Å². The van der Waals surface area contributed by atoms with Crippen LogP contribution in [0.2, 0.25) is 0 Å². The first-order chi connectivity index (χ1) is 9.71. The van der Waals surface area contributed by atoms with E-state index >= 15 is 0 Å². The van der Waals surface area contributed by atoms with Crippen molar-refractivity contribution < 1.29 is 14.7 Å². The number of nitrogens with zero attached hydrogens (tertiary/aromatic N) is 1. The number of carboxylic acids is 1. The van der Waals surface area contributed by atoms with Gasteiger partial charge >= 0.3 is 5.97 Å². The van der Waals surface area contributed by atoms with Crippen LogP contribution in [0.15, 0.2) is 12.2 Å². The molecule has 2 aliphatic carbocycles. The fourth-order valence-corrected chi connectivity index (χ4v) is 4.31. The Hall–Kier alpha value is -1.07. The van der Waals surface area contributed by atoms with Crippen molar-refractivity contribution >= 4 is 24.3 Å². The van der Waals surface area contributed by atoms with Crippen LogP contribution in [0, 0.1) is 29.1 Å². The van der Waals surface area contributed by atoms with Gasteiger partial charge in [-0.25, -0.2) is 4.79 Å². The number of rotatable bonds is 2. The van der Waals surface area contributed by atoms with Crippen LogP contribution in [0.5, 0.6) is 0 Å². The van der Waals surface area contributed by atoms with E-state index < -0.39 is 18.1 Å². The number of carboxylic acid groups (broad SMARTS) is 1. The predicted octanol–water partition coefficient (Wildman–Crippen LogP) is 1.52. The van der Waals surface area contributed by atoms with Gasteiger partial charge in [0.1, 0.15) is 6.04 Å². The Kier molecular flexibility index (Phi) is 4.35. The van der Waals surface area contributed by atoms with Crippen molar-refractivity contribution in [2.45, 2.75) is 39.3 Å². The van der Waals surface area contributed by atoms with Crippen LogP contribution >= 0.6 is 12.4 Å². The van der Waals surface area contributed by atoms with E-state index in [1.807, 2.05) is 20.8 Å². The van der Waals surface area contributed by atoms with E-state index in [-0.39, 0.29) is 35.6 Å². The van der Waals surface area contributed by atoms with Crippen molar-refractivity contribution in [3.8, 4) is 0 Å². The monoisotopic (exact) mass is 328 g/mol. The van der Waals surface area contributed by atoms with Crippen molar-refractivity contribution in [1.29, 1.82) is 0 Å². The SMILES string of the molecule is CC(C)(C)[C@H](N)C(=O)N1C[C@H]2[C@@H]([C@H]1C(=O)O)[C@H]1C=C[C@@H]2C1.Cl. The first-order valence-corrected chi connectivity index (χ1v) is 7.69. The lowest BCUT2D eigenvalue weighted by Crippen LogP contribution is -2.54. The van der Waals surface area contributed by atoms with Crippen LogP contribution in [0.1, 0.15) is 27.2 Å². The number of hydrogen-bond donors (Lipinski definition) is 2. The van der Waals surface area contributed by atoms with Gasteiger partial charge in [-0.05, 0) is 29.6 Å². The number of aliphatic carboxylic acids is 1. The quantitative estimate of drug-likeness (QED) is 0.753. The summed E-state index contributed by atoms with van der Waals surface area (Å²) in [6.45, 7) is 6.27. The van der Waals surface area contributed by atoms with Crippen LogP contribution in [-0.2, 0) is 9.59 Å². The molecule has 1 amide bonds. The highest BCUT2D eigenvalue weighted by atomic mass is 35.5. The lowest BCUT2D eigenvalue weighted by molar-refractivity contribution is -0.151. The van der Waals surface area contributed by atoms with Crippen LogP contribution in [0.3, 0.4) is 0 Å². The number of hydrogen-bond acceptors (Lipinski definition) is 3. The topological polar surface area (TPSA) is 83.6 Å². The Bertz CT molecular complexity index is 514. The Morgan fingerprint density at radius 1 is 1.27 bits per heavy atom. The molecular weight excluding hydrogens is 304 g/mol. The van der Waals surface area contributed by atoms with Gasteiger partial charge in [-0.3, -0.25) is 4.79 Å². The maximum atomic E-state index is 12.7. The molecule has 0 radical (unpaired) electrons. The highest BCUT2D eigenvalue weighted by Gasteiger charge is 2.58. The molecule has 0 spiro atoms. The molecule has 22 heavy (non-hydrogen) atoms. The Balaban J connectivity index is 0.00000176. The second-order valence-corrected chi connectivity index (χ2v) is 7.81. The van der Waals surface area contributed by atoms with Gasteiger partial charge in [0.05, 0.1) is 6.04 Å². The van der Waals surface area contributed by atoms with Crippen LogP contribution in [0.25, 0.3) is 0 Å². The molecule has 1 saturated carbocycles. The van der Waals surface area contributed by atoms with Gasteiger partial charge in [0.2, 0.25) is 5.91 Å². The Labute approximate surface area is 137 Å². The zero-order chi connectivity index (χ0) is 15.5. The maximum absolute atomic E-state index is 12.7. The maximum Gasteiger partial charge on any atom is 0.326 e. The van der Waals surface area contributed by atoms with Crippen LogP contribution < -0.4 is 5.73 Å². The highest BCUT2D eigenvalue weighted by Crippen LogP contribution is 2.54. The van der Waals surface area contributed by atoms with E-state index in [1.54, 1.807) is 4.90 Å². The van der Waals surface area contributed by atoms with Gasteiger partial charge in [0.25, 0.3) is 0 Å². The van der Waals surface area contributed by atoms with Gasteiger partial charge in [-0.1, -0.05) is 32.9 Å². The number of fused-ring (bicyclic) bond motifs is 5. The standard InChI is InChI=1S/C16H24N2O3.ClH/c1-16(2,3)13(17)14(19)18-7-10-8-4-5-9(6-8)11(10)12(18)15(20)21;/h4-5,8-13H,6-7,17H2,1-3H3,(H,20,21);1H/t8-,9+,10-,11+,12+,13-;/m1./s1. The third-order valence-corrected chi connectivity index (χ3v) is 5.53. The minimum Gasteiger partial charge on any atom is -0.480 e. The summed E-state index contributed by atoms with van der Waals surface area (Å²) < 4.78 is 0. The van der Waals surface area contributed by atoms with Crippen molar-refractivity contribution in [1.82, 2.24) is 4.90 Å². The van der Waals surface area contributed by atoms with Crippen molar-refractivity contribution in [2.24, 2.45) is 34.8 Å². The van der Waals surface area contributed by atoms with Crippen molar-refractivity contribution in [3.05, 3.63) is 12.2 Å². The number of allylic oxidation sites excluding steroid dienone is 2. The molecule has 6 atom stereocenters. The molecule has 1 saturated heterocycles. The summed E-state index contributed by atoms with van der Waals surface area (Å²) in [5.74, 6) is -0.0114. The molecule has 3 rings (SSSR count). The number of nitrogens with two attached hydrogens (primary N) is 1. The van der Waals surface area contributed by atoms with Crippen LogP contribution in [0.4, 0.5) is 0 Å². The van der Waals surface area contributed by atoms with E-state index in [9.17, 15) is 14.7 Å². The molecule has 2 bridgehead atoms. The summed E-state index contributed by atoms with van der Waals surface area (Å²) in [6, 6.07) is -1.38. The fraction of sp³-hybridized carbons (Fsp3) is 0.750. The molecule has 2 fully saturated rings. The molecule has 3 N–H and O–H groups in total. The normalized spacial score (nSPS) is 36.9. The summed E-state index contributed by atoms with van der Waals surface area (Å²) in [6.07, 6.45) is 5.38. The Morgan fingerprint density at radius 2 is 1.86 bits per heavy atom. The Morgan fingerprint density at radius 3 is 2.41 bits per heavy atom. The van der Waals surface area contributed by atoms with Gasteiger partial charge in [0, 0.05) is 12.5 Å². The molecule has 1 aliphatic heterocycles. The second kappa shape index (κ2) is 5.53. The number of halogens is 1. The molecular formula is C16H25ClN2O3. The molecule has 0 unspecified atom stereocenters. The first kappa shape index (κ1) is 17.3. The number of carbonyl (C=O) groups excluding carboxylic acids is 1. The lowest BCUT2D eigenvalue weighted by Gasteiger charge is -2.33. The third-order valence-electron chi connectivity index (χ3n) is 5.53. The second-order valence-electron chi connectivity index (χ2n) is 7.81. The number of amides is 1. The first-order valence-electron chi connectivity index (χ1n) is 7.69. The number of likely N-dealkylation sites (tertiary alicyclic amines) is 1. The van der Waals surface area contributed by atoms with E-state index in [0.29, 0.717) is 18.4 Å². The highest BCUT2D eigenvalue weighted by molar-refractivity contribution is 5.88. The number of carbonyl (C=O) groups is 2. The molecule has 0 aromatic heterocycles. The summed E-state index contributed by atoms with van der Waals surface area (Å²) in [7, 11) is 0. The summed E-state index contributed by atoms with van der Waals surface area (Å²) in [5, 5.41) is 9.63. The summed E-state index contributed by atoms with van der Waals surface area (Å²) >= 11 is 0. The zero-order valence-electron chi connectivity index (χ0n) is 13.2. The summed E-state index contributed by atoms with van der Waals surface area (Å²) in [5.41, 5.74) is 5.71. The minimum atomic E-state index is -0.891. The molecule has 1 heterocycles. The smallest absolute Gasteiger partial charge is 0.326 e. The lowest BCUT2D eigenvalue weighted by atomic mass is 9.82. The molecule has 5 nitrogen and oxygen atoms in total.